The maximum absolute atomic E-state index is 11.6. The molecule has 2 heterocycles. The lowest BCUT2D eigenvalue weighted by Gasteiger charge is -2.04. The fourth-order valence-electron chi connectivity index (χ4n) is 1.56. The zero-order valence-electron chi connectivity index (χ0n) is 8.76. The predicted molar refractivity (Wildman–Crippen MR) is 67.2 cm³/mol. The second-order valence-corrected chi connectivity index (χ2v) is 5.68. The molecule has 0 unspecified atom stereocenters. The summed E-state index contributed by atoms with van der Waals surface area (Å²) in [6, 6.07) is 2.22. The molecule has 0 amide bonds. The number of halogens is 1. The van der Waals surface area contributed by atoms with Crippen molar-refractivity contribution in [2.24, 2.45) is 0 Å². The Kier molecular flexibility index (Phi) is 2.79. The van der Waals surface area contributed by atoms with Crippen molar-refractivity contribution in [2.45, 2.75) is 28.9 Å². The van der Waals surface area contributed by atoms with E-state index in [1.165, 1.54) is 11.8 Å². The van der Waals surface area contributed by atoms with Gasteiger partial charge in [-0.05, 0) is 46.6 Å². The lowest BCUT2D eigenvalue weighted by atomic mass is 10.5. The van der Waals surface area contributed by atoms with Gasteiger partial charge < -0.3 is 0 Å². The van der Waals surface area contributed by atoms with Crippen LogP contribution >= 0.6 is 27.7 Å². The fraction of sp³-hybridized carbons (Fsp3) is 0.300. The van der Waals surface area contributed by atoms with Gasteiger partial charge in [0.2, 0.25) is 0 Å². The van der Waals surface area contributed by atoms with Crippen LogP contribution in [0, 0.1) is 0 Å². The second-order valence-electron chi connectivity index (χ2n) is 3.82. The molecular formula is C10H9BrN4OS. The minimum Gasteiger partial charge on any atom is -0.267 e. The average molecular weight is 313 g/mol. The molecule has 0 atom stereocenters. The van der Waals surface area contributed by atoms with E-state index in [2.05, 4.69) is 31.1 Å². The molecule has 1 aliphatic rings. The van der Waals surface area contributed by atoms with E-state index >= 15 is 0 Å². The van der Waals surface area contributed by atoms with Crippen molar-refractivity contribution in [1.82, 2.24) is 19.7 Å². The zero-order valence-corrected chi connectivity index (χ0v) is 11.2. The summed E-state index contributed by atoms with van der Waals surface area (Å²) in [5.41, 5.74) is -0.125. The van der Waals surface area contributed by atoms with E-state index in [0.29, 0.717) is 11.2 Å². The average Bonchev–Trinajstić information content (AvgIpc) is 3.08. The standard InChI is InChI=1S/C10H9BrN4OS/c11-7-5-12-4-3-8(7)17-10-14-13-9(16)15(10)6-1-2-6/h3-6H,1-2H2,(H,13,16). The van der Waals surface area contributed by atoms with Crippen molar-refractivity contribution in [3.05, 3.63) is 33.4 Å². The third kappa shape index (κ3) is 2.16. The summed E-state index contributed by atoms with van der Waals surface area (Å²) in [7, 11) is 0. The second kappa shape index (κ2) is 4.30. The number of aromatic nitrogens is 4. The Morgan fingerprint density at radius 1 is 1.53 bits per heavy atom. The Labute approximate surface area is 110 Å². The van der Waals surface area contributed by atoms with E-state index in [1.807, 2.05) is 6.07 Å². The van der Waals surface area contributed by atoms with Gasteiger partial charge in [0.15, 0.2) is 5.16 Å². The van der Waals surface area contributed by atoms with Crippen molar-refractivity contribution >= 4 is 27.7 Å². The lowest BCUT2D eigenvalue weighted by Crippen LogP contribution is -2.15. The lowest BCUT2D eigenvalue weighted by molar-refractivity contribution is 0.642. The Morgan fingerprint density at radius 3 is 3.06 bits per heavy atom. The van der Waals surface area contributed by atoms with Crippen LogP contribution in [0.5, 0.6) is 0 Å². The van der Waals surface area contributed by atoms with Gasteiger partial charge in [0.1, 0.15) is 0 Å². The molecule has 2 aromatic rings. The SMILES string of the molecule is O=c1[nH]nc(Sc2ccncc2Br)n1C1CC1. The highest BCUT2D eigenvalue weighted by Gasteiger charge is 2.28. The van der Waals surface area contributed by atoms with Crippen LogP contribution in [-0.2, 0) is 0 Å². The number of H-pyrrole nitrogens is 1. The summed E-state index contributed by atoms with van der Waals surface area (Å²) >= 11 is 4.89. The molecule has 2 aromatic heterocycles. The van der Waals surface area contributed by atoms with Gasteiger partial charge in [-0.2, -0.15) is 0 Å². The van der Waals surface area contributed by atoms with Crippen LogP contribution in [0.4, 0.5) is 0 Å². The first-order valence-electron chi connectivity index (χ1n) is 5.20. The number of rotatable bonds is 3. The molecule has 0 aromatic carbocycles. The monoisotopic (exact) mass is 312 g/mol. The summed E-state index contributed by atoms with van der Waals surface area (Å²) in [5, 5.41) is 7.28. The van der Waals surface area contributed by atoms with Crippen LogP contribution in [0.1, 0.15) is 18.9 Å². The topological polar surface area (TPSA) is 63.6 Å². The Bertz CT molecular complexity index is 604. The van der Waals surface area contributed by atoms with Gasteiger partial charge in [0.05, 0.1) is 0 Å². The van der Waals surface area contributed by atoms with Crippen LogP contribution < -0.4 is 5.69 Å². The van der Waals surface area contributed by atoms with Crippen LogP contribution in [0.25, 0.3) is 0 Å². The third-order valence-corrected chi connectivity index (χ3v) is 4.46. The summed E-state index contributed by atoms with van der Waals surface area (Å²) in [5.74, 6) is 0. The molecular weight excluding hydrogens is 304 g/mol. The number of nitrogens with one attached hydrogen (secondary N) is 1. The molecule has 1 N–H and O–H groups in total. The predicted octanol–water partition coefficient (Wildman–Crippen LogP) is 2.21. The number of hydrogen-bond donors (Lipinski definition) is 1. The molecule has 88 valence electrons. The largest absolute Gasteiger partial charge is 0.344 e. The highest BCUT2D eigenvalue weighted by Crippen LogP contribution is 2.38. The molecule has 0 saturated heterocycles. The van der Waals surface area contributed by atoms with Crippen molar-refractivity contribution in [3.63, 3.8) is 0 Å². The Hall–Kier alpha value is -1.08. The first-order valence-corrected chi connectivity index (χ1v) is 6.81. The summed E-state index contributed by atoms with van der Waals surface area (Å²) in [6.45, 7) is 0. The van der Waals surface area contributed by atoms with E-state index in [9.17, 15) is 4.79 Å². The van der Waals surface area contributed by atoms with Crippen LogP contribution in [-0.4, -0.2) is 19.7 Å². The van der Waals surface area contributed by atoms with Gasteiger partial charge in [0, 0.05) is 27.8 Å². The first kappa shape index (κ1) is 11.0. The van der Waals surface area contributed by atoms with E-state index in [0.717, 1.165) is 22.2 Å². The van der Waals surface area contributed by atoms with Crippen LogP contribution in [0.3, 0.4) is 0 Å². The molecule has 3 rings (SSSR count). The summed E-state index contributed by atoms with van der Waals surface area (Å²) < 4.78 is 2.64. The minimum atomic E-state index is -0.125. The molecule has 17 heavy (non-hydrogen) atoms. The van der Waals surface area contributed by atoms with Crippen molar-refractivity contribution in [3.8, 4) is 0 Å². The van der Waals surface area contributed by atoms with E-state index in [1.54, 1.807) is 17.0 Å². The molecule has 1 saturated carbocycles. The van der Waals surface area contributed by atoms with E-state index in [4.69, 9.17) is 0 Å². The molecule has 7 heteroatoms. The minimum absolute atomic E-state index is 0.125. The zero-order chi connectivity index (χ0) is 11.8. The van der Waals surface area contributed by atoms with Gasteiger partial charge in [-0.15, -0.1) is 5.10 Å². The number of aromatic amines is 1. The molecule has 1 fully saturated rings. The highest BCUT2D eigenvalue weighted by molar-refractivity contribution is 9.10. The molecule has 0 radical (unpaired) electrons. The maximum Gasteiger partial charge on any atom is 0.344 e. The van der Waals surface area contributed by atoms with Crippen molar-refractivity contribution in [2.75, 3.05) is 0 Å². The molecule has 0 spiro atoms. The maximum atomic E-state index is 11.6. The van der Waals surface area contributed by atoms with Gasteiger partial charge in [0.25, 0.3) is 0 Å². The highest BCUT2D eigenvalue weighted by atomic mass is 79.9. The smallest absolute Gasteiger partial charge is 0.267 e. The van der Waals surface area contributed by atoms with Crippen LogP contribution in [0.2, 0.25) is 0 Å². The van der Waals surface area contributed by atoms with Gasteiger partial charge in [-0.25, -0.2) is 9.89 Å². The summed E-state index contributed by atoms with van der Waals surface area (Å²) in [4.78, 5) is 16.6. The van der Waals surface area contributed by atoms with E-state index < -0.39 is 0 Å². The number of nitrogens with zero attached hydrogens (tertiary/aromatic N) is 3. The molecule has 5 nitrogen and oxygen atoms in total. The molecule has 1 aliphatic carbocycles. The fourth-order valence-corrected chi connectivity index (χ4v) is 2.95. The van der Waals surface area contributed by atoms with E-state index in [-0.39, 0.29) is 5.69 Å². The van der Waals surface area contributed by atoms with Gasteiger partial charge >= 0.3 is 5.69 Å². The molecule has 0 bridgehead atoms. The summed E-state index contributed by atoms with van der Waals surface area (Å²) in [6.07, 6.45) is 5.57. The van der Waals surface area contributed by atoms with Gasteiger partial charge in [-0.3, -0.25) is 9.55 Å². The molecule has 0 aliphatic heterocycles. The number of pyridine rings is 1. The first-order chi connectivity index (χ1) is 8.25. The Morgan fingerprint density at radius 2 is 2.35 bits per heavy atom. The van der Waals surface area contributed by atoms with Gasteiger partial charge in [-0.1, -0.05) is 0 Å². The number of hydrogen-bond acceptors (Lipinski definition) is 4. The van der Waals surface area contributed by atoms with Crippen molar-refractivity contribution < 1.29 is 0 Å². The third-order valence-electron chi connectivity index (χ3n) is 2.52. The quantitative estimate of drug-likeness (QED) is 0.944. The Balaban J connectivity index is 1.96. The normalized spacial score (nSPS) is 15.1. The van der Waals surface area contributed by atoms with Crippen LogP contribution in [0.15, 0.2) is 37.8 Å². The van der Waals surface area contributed by atoms with Crippen molar-refractivity contribution in [1.29, 1.82) is 0 Å².